The lowest BCUT2D eigenvalue weighted by atomic mass is 10.1. The number of alkyl halides is 3. The number of nitrogens with zero attached hydrogens (tertiary/aromatic N) is 4. The van der Waals surface area contributed by atoms with Crippen molar-refractivity contribution in [1.82, 2.24) is 15.3 Å². The summed E-state index contributed by atoms with van der Waals surface area (Å²) in [4.78, 5) is 48.7. The van der Waals surface area contributed by atoms with E-state index in [1.165, 1.54) is 30.2 Å². The third-order valence-corrected chi connectivity index (χ3v) is 5.56. The Kier molecular flexibility index (Phi) is 6.02. The number of fused-ring (bicyclic) bond motifs is 4. The van der Waals surface area contributed by atoms with Gasteiger partial charge in [0.05, 0.1) is 11.7 Å². The summed E-state index contributed by atoms with van der Waals surface area (Å²) in [5.41, 5.74) is 0.810. The molecule has 0 spiro atoms. The molecule has 2 aliphatic heterocycles. The molecule has 4 rings (SSSR count). The van der Waals surface area contributed by atoms with Gasteiger partial charge in [0.15, 0.2) is 5.82 Å². The molecule has 1 saturated heterocycles. The molecule has 13 heteroatoms. The first kappa shape index (κ1) is 23.3. The Labute approximate surface area is 192 Å². The van der Waals surface area contributed by atoms with Gasteiger partial charge in [0.1, 0.15) is 17.6 Å². The van der Waals surface area contributed by atoms with Crippen LogP contribution in [-0.4, -0.2) is 59.2 Å². The summed E-state index contributed by atoms with van der Waals surface area (Å²) in [6.07, 6.45) is -2.53. The van der Waals surface area contributed by atoms with Gasteiger partial charge in [-0.25, -0.2) is 14.8 Å². The van der Waals surface area contributed by atoms with Crippen LogP contribution in [0.5, 0.6) is 0 Å². The first-order chi connectivity index (χ1) is 16.0. The van der Waals surface area contributed by atoms with Crippen molar-refractivity contribution >= 4 is 40.9 Å². The van der Waals surface area contributed by atoms with Crippen LogP contribution < -0.4 is 25.8 Å². The van der Waals surface area contributed by atoms with Crippen molar-refractivity contribution in [3.8, 4) is 0 Å². The fourth-order valence-corrected chi connectivity index (χ4v) is 3.90. The van der Waals surface area contributed by atoms with E-state index in [-0.39, 0.29) is 29.3 Å². The maximum Gasteiger partial charge on any atom is 0.408 e. The average Bonchev–Trinajstić information content (AvgIpc) is 3.16. The second-order valence-electron chi connectivity index (χ2n) is 8.08. The van der Waals surface area contributed by atoms with E-state index >= 15 is 0 Å². The molecule has 0 radical (unpaired) electrons. The molecule has 34 heavy (non-hydrogen) atoms. The summed E-state index contributed by atoms with van der Waals surface area (Å²) in [6.45, 7) is 3.41. The quantitative estimate of drug-likeness (QED) is 0.623. The first-order valence-corrected chi connectivity index (χ1v) is 10.5. The molecule has 0 saturated carbocycles. The van der Waals surface area contributed by atoms with E-state index in [1.54, 1.807) is 12.1 Å². The monoisotopic (exact) mass is 477 g/mol. The van der Waals surface area contributed by atoms with Crippen molar-refractivity contribution in [2.75, 3.05) is 33.5 Å². The zero-order valence-electron chi connectivity index (χ0n) is 18.3. The normalized spacial score (nSPS) is 17.6. The van der Waals surface area contributed by atoms with E-state index in [9.17, 15) is 27.6 Å². The zero-order valence-corrected chi connectivity index (χ0v) is 18.3. The van der Waals surface area contributed by atoms with E-state index in [0.717, 1.165) is 6.92 Å². The Morgan fingerprint density at radius 3 is 2.65 bits per heavy atom. The van der Waals surface area contributed by atoms with E-state index in [4.69, 9.17) is 0 Å². The molecule has 10 nitrogen and oxygen atoms in total. The molecule has 4 amide bonds. The number of halogens is 3. The number of hydrogen-bond donors (Lipinski definition) is 3. The zero-order chi connectivity index (χ0) is 24.6. The van der Waals surface area contributed by atoms with Crippen LogP contribution in [0.4, 0.5) is 41.0 Å². The van der Waals surface area contributed by atoms with Gasteiger partial charge >= 0.3 is 12.2 Å². The fourth-order valence-electron chi connectivity index (χ4n) is 3.90. The summed E-state index contributed by atoms with van der Waals surface area (Å²) < 4.78 is 38.6. The van der Waals surface area contributed by atoms with Crippen LogP contribution >= 0.6 is 0 Å². The van der Waals surface area contributed by atoms with Crippen LogP contribution in [0.3, 0.4) is 0 Å². The van der Waals surface area contributed by atoms with Crippen LogP contribution in [0.2, 0.25) is 0 Å². The Hall–Kier alpha value is -3.90. The Morgan fingerprint density at radius 1 is 1.18 bits per heavy atom. The number of aromatic nitrogens is 2. The number of carbonyl (C=O) groups excluding carboxylic acids is 3. The molecule has 3 N–H and O–H groups in total. The number of hydrogen-bond acceptors (Lipinski definition) is 6. The largest absolute Gasteiger partial charge is 0.408 e. The lowest BCUT2D eigenvalue weighted by molar-refractivity contribution is -0.149. The molecule has 2 aromatic heterocycles. The van der Waals surface area contributed by atoms with Gasteiger partial charge in [0.2, 0.25) is 5.91 Å². The maximum absolute atomic E-state index is 13.2. The highest BCUT2D eigenvalue weighted by atomic mass is 19.4. The molecular formula is C21H22F3N7O3. The van der Waals surface area contributed by atoms with E-state index in [1.807, 2.05) is 10.2 Å². The third-order valence-electron chi connectivity index (χ3n) is 5.56. The van der Waals surface area contributed by atoms with Crippen molar-refractivity contribution in [3.05, 3.63) is 36.2 Å². The van der Waals surface area contributed by atoms with Crippen molar-refractivity contribution in [3.63, 3.8) is 0 Å². The lowest BCUT2D eigenvalue weighted by Gasteiger charge is -2.35. The number of nitrogens with one attached hydrogen (secondary N) is 3. The van der Waals surface area contributed by atoms with Crippen LogP contribution in [-0.2, 0) is 4.79 Å². The number of carbonyl (C=O) groups is 3. The summed E-state index contributed by atoms with van der Waals surface area (Å²) in [5, 5.41) is 7.15. The predicted octanol–water partition coefficient (Wildman–Crippen LogP) is 2.75. The first-order valence-electron chi connectivity index (χ1n) is 10.5. The van der Waals surface area contributed by atoms with Crippen molar-refractivity contribution in [2.45, 2.75) is 38.5 Å². The molecule has 2 aliphatic rings. The number of anilines is 4. The molecule has 2 atom stereocenters. The van der Waals surface area contributed by atoms with Gasteiger partial charge < -0.3 is 15.5 Å². The molecule has 1 fully saturated rings. The van der Waals surface area contributed by atoms with Crippen LogP contribution in [0, 0.1) is 0 Å². The molecule has 2 bridgehead atoms. The van der Waals surface area contributed by atoms with Gasteiger partial charge in [0, 0.05) is 38.0 Å². The van der Waals surface area contributed by atoms with Crippen LogP contribution in [0.25, 0.3) is 0 Å². The van der Waals surface area contributed by atoms with E-state index in [0.29, 0.717) is 30.9 Å². The minimum absolute atomic E-state index is 0.177. The summed E-state index contributed by atoms with van der Waals surface area (Å²) in [7, 11) is 0. The standard InChI is InChI=1S/C21H22F3N7O3/c1-11(21(22,23)24)26-19(33)15-3-4-16-18(28-15)31(14-6-8-30(16)10-14)20(34)29-17-9-13(5-7-25-17)27-12(2)32/h3-5,7,9,11,14H,6,8,10H2,1-2H3,(H,26,33)(H2,25,27,29,32,34)/t11?,14-/m0/s1. The van der Waals surface area contributed by atoms with Crippen molar-refractivity contribution in [2.24, 2.45) is 0 Å². The predicted molar refractivity (Wildman–Crippen MR) is 118 cm³/mol. The minimum Gasteiger partial charge on any atom is -0.366 e. The Bertz CT molecular complexity index is 1140. The average molecular weight is 477 g/mol. The van der Waals surface area contributed by atoms with Gasteiger partial charge in [-0.15, -0.1) is 0 Å². The molecule has 4 heterocycles. The Morgan fingerprint density at radius 2 is 1.94 bits per heavy atom. The number of pyridine rings is 2. The second kappa shape index (κ2) is 8.80. The number of amides is 4. The van der Waals surface area contributed by atoms with Gasteiger partial charge in [-0.2, -0.15) is 13.2 Å². The molecule has 2 aromatic rings. The third kappa shape index (κ3) is 4.72. The van der Waals surface area contributed by atoms with Gasteiger partial charge in [-0.05, 0) is 31.5 Å². The van der Waals surface area contributed by atoms with Gasteiger partial charge in [-0.3, -0.25) is 19.8 Å². The van der Waals surface area contributed by atoms with Crippen LogP contribution in [0.15, 0.2) is 30.5 Å². The molecular weight excluding hydrogens is 455 g/mol. The number of rotatable bonds is 4. The van der Waals surface area contributed by atoms with Crippen molar-refractivity contribution < 1.29 is 27.6 Å². The second-order valence-corrected chi connectivity index (χ2v) is 8.08. The highest BCUT2D eigenvalue weighted by molar-refractivity contribution is 6.05. The lowest BCUT2D eigenvalue weighted by Crippen LogP contribution is -2.49. The number of urea groups is 1. The highest BCUT2D eigenvalue weighted by Gasteiger charge is 2.41. The molecule has 0 aliphatic carbocycles. The van der Waals surface area contributed by atoms with Crippen LogP contribution in [0.1, 0.15) is 30.8 Å². The van der Waals surface area contributed by atoms with Gasteiger partial charge in [-0.1, -0.05) is 0 Å². The summed E-state index contributed by atoms with van der Waals surface area (Å²) in [6, 6.07) is 3.11. The SMILES string of the molecule is CC(=O)Nc1ccnc(NC(=O)N2c3nc(C(=O)NC(C)C(F)(F)F)ccc3N3CC[C@H]2C3)c1. The minimum atomic E-state index is -4.60. The molecule has 180 valence electrons. The molecule has 0 aromatic carbocycles. The van der Waals surface area contributed by atoms with E-state index in [2.05, 4.69) is 20.6 Å². The summed E-state index contributed by atoms with van der Waals surface area (Å²) in [5.74, 6) is -0.914. The van der Waals surface area contributed by atoms with E-state index < -0.39 is 24.2 Å². The smallest absolute Gasteiger partial charge is 0.366 e. The van der Waals surface area contributed by atoms with Crippen molar-refractivity contribution in [1.29, 1.82) is 0 Å². The summed E-state index contributed by atoms with van der Waals surface area (Å²) >= 11 is 0. The highest BCUT2D eigenvalue weighted by Crippen LogP contribution is 2.39. The van der Waals surface area contributed by atoms with Gasteiger partial charge in [0.25, 0.3) is 5.91 Å². The fraction of sp³-hybridized carbons (Fsp3) is 0.381. The molecule has 1 unspecified atom stereocenters. The maximum atomic E-state index is 13.2. The topological polar surface area (TPSA) is 120 Å². The Balaban J connectivity index is 1.60.